The first kappa shape index (κ1) is 12.0. The fourth-order valence-electron chi connectivity index (χ4n) is 0.726. The molecule has 12 heavy (non-hydrogen) atoms. The van der Waals surface area contributed by atoms with Crippen LogP contribution in [-0.2, 0) is 0 Å². The van der Waals surface area contributed by atoms with Crippen molar-refractivity contribution in [3.8, 4) is 0 Å². The lowest BCUT2D eigenvalue weighted by molar-refractivity contribution is 1.13. The van der Waals surface area contributed by atoms with Crippen LogP contribution in [0.3, 0.4) is 0 Å². The Morgan fingerprint density at radius 2 is 1.50 bits per heavy atom. The summed E-state index contributed by atoms with van der Waals surface area (Å²) in [6.45, 7) is 0. The van der Waals surface area contributed by atoms with E-state index in [1.807, 2.05) is 32.3 Å². The van der Waals surface area contributed by atoms with E-state index in [0.29, 0.717) is 0 Å². The molecule has 0 aliphatic heterocycles. The molecule has 0 atom stereocenters. The molecular formula is C8H12Cl2NP. The van der Waals surface area contributed by atoms with E-state index < -0.39 is 0 Å². The van der Waals surface area contributed by atoms with Crippen molar-refractivity contribution < 1.29 is 0 Å². The highest BCUT2D eigenvalue weighted by Gasteiger charge is 1.87. The Labute approximate surface area is 85.0 Å². The largest absolute Gasteiger partial charge is 0.378 e. The molecule has 0 aliphatic rings. The molecule has 0 saturated heterocycles. The zero-order valence-electron chi connectivity index (χ0n) is 7.09. The maximum absolute atomic E-state index is 4.79. The zero-order chi connectivity index (χ0) is 9.40. The van der Waals surface area contributed by atoms with Gasteiger partial charge in [-0.05, 0) is 12.1 Å². The molecule has 0 spiro atoms. The van der Waals surface area contributed by atoms with Crippen LogP contribution >= 0.6 is 29.8 Å². The summed E-state index contributed by atoms with van der Waals surface area (Å²) in [6, 6.07) is 10.3. The molecule has 0 heterocycles. The van der Waals surface area contributed by atoms with Gasteiger partial charge in [0, 0.05) is 19.8 Å². The van der Waals surface area contributed by atoms with Crippen LogP contribution < -0.4 is 4.90 Å². The summed E-state index contributed by atoms with van der Waals surface area (Å²) < 4.78 is 0. The number of hydrogen-bond donors (Lipinski definition) is 0. The van der Waals surface area contributed by atoms with Crippen molar-refractivity contribution >= 4 is 35.5 Å². The Bertz CT molecular complexity index is 192. The van der Waals surface area contributed by atoms with E-state index in [1.54, 1.807) is 0 Å². The molecule has 0 fully saturated rings. The van der Waals surface area contributed by atoms with Gasteiger partial charge in [-0.3, -0.25) is 0 Å². The summed E-state index contributed by atoms with van der Waals surface area (Å²) in [5, 5.41) is 0. The van der Waals surface area contributed by atoms with Gasteiger partial charge in [-0.1, -0.05) is 40.7 Å². The average molecular weight is 224 g/mol. The highest BCUT2D eigenvalue weighted by atomic mass is 35.9. The van der Waals surface area contributed by atoms with Gasteiger partial charge < -0.3 is 4.90 Å². The average Bonchev–Trinajstić information content (AvgIpc) is 2.07. The number of nitrogens with zero attached hydrogens (tertiary/aromatic N) is 1. The fraction of sp³-hybridized carbons (Fsp3) is 0.250. The van der Waals surface area contributed by atoms with E-state index in [-0.39, 0.29) is 7.29 Å². The molecule has 0 aliphatic carbocycles. The highest BCUT2D eigenvalue weighted by Crippen LogP contribution is 2.19. The highest BCUT2D eigenvalue weighted by molar-refractivity contribution is 7.90. The standard InChI is InChI=1S/C8H11N.Cl2HP/c1-9(2)8-6-4-3-5-7-8;1-3-2/h3-7H,1-2H3;3H. The molecule has 0 amide bonds. The van der Waals surface area contributed by atoms with E-state index in [9.17, 15) is 0 Å². The predicted octanol–water partition coefficient (Wildman–Crippen LogP) is 3.73. The monoisotopic (exact) mass is 223 g/mol. The number of rotatable bonds is 1. The second-order valence-corrected chi connectivity index (χ2v) is 4.16. The lowest BCUT2D eigenvalue weighted by atomic mass is 10.3. The van der Waals surface area contributed by atoms with Crippen LogP contribution in [0, 0.1) is 0 Å². The van der Waals surface area contributed by atoms with Gasteiger partial charge in [-0.15, -0.1) is 0 Å². The first-order chi connectivity index (χ1) is 5.72. The van der Waals surface area contributed by atoms with Crippen molar-refractivity contribution in [1.29, 1.82) is 0 Å². The van der Waals surface area contributed by atoms with Crippen LogP contribution in [0.2, 0.25) is 0 Å². The minimum Gasteiger partial charge on any atom is -0.378 e. The molecular weight excluding hydrogens is 212 g/mol. The first-order valence-corrected chi connectivity index (χ1v) is 6.43. The SMILES string of the molecule is CN(C)c1ccccc1.ClPCl. The summed E-state index contributed by atoms with van der Waals surface area (Å²) in [5.74, 6) is 0. The van der Waals surface area contributed by atoms with Crippen molar-refractivity contribution in [3.05, 3.63) is 30.3 Å². The summed E-state index contributed by atoms with van der Waals surface area (Å²) in [6.07, 6.45) is 0. The Kier molecular flexibility index (Phi) is 7.69. The summed E-state index contributed by atoms with van der Waals surface area (Å²) in [4.78, 5) is 2.08. The lowest BCUT2D eigenvalue weighted by Crippen LogP contribution is -2.07. The van der Waals surface area contributed by atoms with E-state index in [0.717, 1.165) is 0 Å². The third-order valence-corrected chi connectivity index (χ3v) is 1.27. The van der Waals surface area contributed by atoms with Gasteiger partial charge in [0.2, 0.25) is 0 Å². The summed E-state index contributed by atoms with van der Waals surface area (Å²) >= 11 is 9.58. The maximum Gasteiger partial charge on any atom is 0.0713 e. The third kappa shape index (κ3) is 5.65. The molecule has 0 radical (unpaired) electrons. The van der Waals surface area contributed by atoms with Crippen molar-refractivity contribution in [1.82, 2.24) is 0 Å². The van der Waals surface area contributed by atoms with Crippen LogP contribution in [0.15, 0.2) is 30.3 Å². The normalized spacial score (nSPS) is 8.33. The number of anilines is 1. The predicted molar refractivity (Wildman–Crippen MR) is 60.8 cm³/mol. The number of hydrogen-bond acceptors (Lipinski definition) is 1. The molecule has 1 rings (SSSR count). The van der Waals surface area contributed by atoms with Crippen LogP contribution in [-0.4, -0.2) is 14.1 Å². The second kappa shape index (κ2) is 7.67. The topological polar surface area (TPSA) is 3.24 Å². The van der Waals surface area contributed by atoms with Crippen LogP contribution in [0.25, 0.3) is 0 Å². The van der Waals surface area contributed by atoms with Gasteiger partial charge >= 0.3 is 0 Å². The molecule has 0 saturated carbocycles. The van der Waals surface area contributed by atoms with Crippen LogP contribution in [0.5, 0.6) is 0 Å². The number of para-hydroxylation sites is 1. The van der Waals surface area contributed by atoms with Gasteiger partial charge in [-0.2, -0.15) is 0 Å². The van der Waals surface area contributed by atoms with Crippen molar-refractivity contribution in [2.24, 2.45) is 0 Å². The van der Waals surface area contributed by atoms with Gasteiger partial charge in [0.25, 0.3) is 0 Å². The van der Waals surface area contributed by atoms with Gasteiger partial charge in [0.05, 0.1) is 7.29 Å². The molecule has 1 aromatic carbocycles. The van der Waals surface area contributed by atoms with Crippen molar-refractivity contribution in [2.45, 2.75) is 0 Å². The van der Waals surface area contributed by atoms with E-state index in [4.69, 9.17) is 22.5 Å². The zero-order valence-corrected chi connectivity index (χ0v) is 9.60. The lowest BCUT2D eigenvalue weighted by Gasteiger charge is -2.10. The molecule has 0 aromatic heterocycles. The van der Waals surface area contributed by atoms with Crippen LogP contribution in [0.4, 0.5) is 5.69 Å². The number of halogens is 2. The van der Waals surface area contributed by atoms with E-state index in [2.05, 4.69) is 17.0 Å². The molecule has 0 bridgehead atoms. The Morgan fingerprint density at radius 1 is 1.08 bits per heavy atom. The van der Waals surface area contributed by atoms with Crippen molar-refractivity contribution in [2.75, 3.05) is 19.0 Å². The van der Waals surface area contributed by atoms with Gasteiger partial charge in [0.15, 0.2) is 0 Å². The Hall–Kier alpha value is 0.0300. The minimum atomic E-state index is 0.0278. The van der Waals surface area contributed by atoms with Crippen LogP contribution in [0.1, 0.15) is 0 Å². The van der Waals surface area contributed by atoms with E-state index >= 15 is 0 Å². The molecule has 4 heteroatoms. The molecule has 0 unspecified atom stereocenters. The molecule has 1 aromatic rings. The quantitative estimate of drug-likeness (QED) is 0.657. The minimum absolute atomic E-state index is 0.0278. The molecule has 0 N–H and O–H groups in total. The number of benzene rings is 1. The fourth-order valence-corrected chi connectivity index (χ4v) is 0.726. The smallest absolute Gasteiger partial charge is 0.0713 e. The van der Waals surface area contributed by atoms with Gasteiger partial charge in [-0.25, -0.2) is 0 Å². The second-order valence-electron chi connectivity index (χ2n) is 2.30. The molecule has 1 nitrogen and oxygen atoms in total. The molecule has 68 valence electrons. The van der Waals surface area contributed by atoms with Crippen molar-refractivity contribution in [3.63, 3.8) is 0 Å². The van der Waals surface area contributed by atoms with Gasteiger partial charge in [0.1, 0.15) is 0 Å². The summed E-state index contributed by atoms with van der Waals surface area (Å²) in [7, 11) is 4.10. The Balaban J connectivity index is 0.000000354. The Morgan fingerprint density at radius 3 is 1.75 bits per heavy atom. The maximum atomic E-state index is 4.79. The summed E-state index contributed by atoms with van der Waals surface area (Å²) in [5.41, 5.74) is 1.25. The first-order valence-electron chi connectivity index (χ1n) is 3.41. The van der Waals surface area contributed by atoms with E-state index in [1.165, 1.54) is 5.69 Å². The third-order valence-electron chi connectivity index (χ3n) is 1.27.